The Morgan fingerprint density at radius 1 is 1.21 bits per heavy atom. The van der Waals surface area contributed by atoms with Gasteiger partial charge < -0.3 is 20.1 Å². The molecule has 1 fully saturated rings. The molecule has 1 aliphatic carbocycles. The minimum absolute atomic E-state index is 0.0414. The molecule has 5 heteroatoms. The van der Waals surface area contributed by atoms with E-state index in [4.69, 9.17) is 9.47 Å². The van der Waals surface area contributed by atoms with Crippen molar-refractivity contribution in [1.29, 1.82) is 0 Å². The number of benzene rings is 2. The number of methoxy groups -OCH3 is 1. The zero-order valence-electron chi connectivity index (χ0n) is 16.2. The van der Waals surface area contributed by atoms with Crippen LogP contribution in [0.25, 0.3) is 0 Å². The zero-order valence-corrected chi connectivity index (χ0v) is 16.2. The molecule has 2 aromatic carbocycles. The summed E-state index contributed by atoms with van der Waals surface area (Å²) in [7, 11) is 1.77. The highest BCUT2D eigenvalue weighted by atomic mass is 16.5. The van der Waals surface area contributed by atoms with Crippen LogP contribution in [0.15, 0.2) is 42.5 Å². The van der Waals surface area contributed by atoms with E-state index in [1.165, 1.54) is 11.1 Å². The van der Waals surface area contributed by atoms with Gasteiger partial charge in [-0.2, -0.15) is 0 Å². The van der Waals surface area contributed by atoms with Crippen LogP contribution >= 0.6 is 0 Å². The first-order valence-electron chi connectivity index (χ1n) is 10.1. The quantitative estimate of drug-likeness (QED) is 0.862. The van der Waals surface area contributed by atoms with Crippen LogP contribution in [0.2, 0.25) is 0 Å². The molecule has 2 atom stereocenters. The first-order chi connectivity index (χ1) is 13.7. The lowest BCUT2D eigenvalue weighted by Gasteiger charge is -2.40. The van der Waals surface area contributed by atoms with Gasteiger partial charge in [-0.1, -0.05) is 24.3 Å². The van der Waals surface area contributed by atoms with Crippen molar-refractivity contribution in [3.8, 4) is 5.75 Å². The highest BCUT2D eigenvalue weighted by Crippen LogP contribution is 2.51. The van der Waals surface area contributed by atoms with E-state index >= 15 is 0 Å². The van der Waals surface area contributed by atoms with Crippen LogP contribution in [-0.2, 0) is 16.6 Å². The van der Waals surface area contributed by atoms with Gasteiger partial charge in [0.05, 0.1) is 18.8 Å². The van der Waals surface area contributed by atoms with Crippen LogP contribution < -0.4 is 15.4 Å². The van der Waals surface area contributed by atoms with E-state index in [0.717, 1.165) is 43.7 Å². The van der Waals surface area contributed by atoms with Gasteiger partial charge in [0.2, 0.25) is 0 Å². The summed E-state index contributed by atoms with van der Waals surface area (Å²) in [6.07, 6.45) is 2.84. The monoisotopic (exact) mass is 378 g/mol. The van der Waals surface area contributed by atoms with Crippen molar-refractivity contribution < 1.29 is 14.3 Å². The highest BCUT2D eigenvalue weighted by Gasteiger charge is 2.53. The summed E-state index contributed by atoms with van der Waals surface area (Å²) in [6.45, 7) is 2.64. The van der Waals surface area contributed by atoms with Crippen molar-refractivity contribution >= 4 is 5.91 Å². The highest BCUT2D eigenvalue weighted by molar-refractivity contribution is 5.95. The Bertz CT molecular complexity index is 904. The normalized spacial score (nSPS) is 24.5. The minimum Gasteiger partial charge on any atom is -0.493 e. The number of piperidine rings is 1. The number of nitrogens with one attached hydrogen (secondary N) is 2. The smallest absolute Gasteiger partial charge is 0.251 e. The Labute approximate surface area is 165 Å². The standard InChI is InChI=1S/C23H26N2O3/c1-27-21-20(25-22(26)16-6-7-19-15(14-16)8-13-28-19)17-4-2-3-5-18(17)23(21)9-11-24-12-10-23/h2-7,14,20-21,24H,8-13H2,1H3,(H,25,26)/t20-,21+/m0/s1. The fourth-order valence-electron chi connectivity index (χ4n) is 5.35. The number of rotatable bonds is 3. The number of amides is 1. The predicted molar refractivity (Wildman–Crippen MR) is 107 cm³/mol. The molecule has 0 aromatic heterocycles. The largest absolute Gasteiger partial charge is 0.493 e. The van der Waals surface area contributed by atoms with E-state index in [1.807, 2.05) is 18.2 Å². The Morgan fingerprint density at radius 2 is 2.04 bits per heavy atom. The molecule has 0 saturated carbocycles. The van der Waals surface area contributed by atoms with Gasteiger partial charge in [-0.3, -0.25) is 4.79 Å². The average molecular weight is 378 g/mol. The fourth-order valence-corrected chi connectivity index (χ4v) is 5.35. The van der Waals surface area contributed by atoms with Crippen LogP contribution in [0, 0.1) is 0 Å². The molecule has 2 N–H and O–H groups in total. The van der Waals surface area contributed by atoms with Crippen LogP contribution in [-0.4, -0.2) is 38.8 Å². The summed E-state index contributed by atoms with van der Waals surface area (Å²) in [6, 6.07) is 14.1. The second-order valence-electron chi connectivity index (χ2n) is 8.02. The van der Waals surface area contributed by atoms with Crippen LogP contribution in [0.5, 0.6) is 5.75 Å². The van der Waals surface area contributed by atoms with E-state index in [9.17, 15) is 4.79 Å². The third kappa shape index (κ3) is 2.65. The second kappa shape index (κ2) is 6.90. The summed E-state index contributed by atoms with van der Waals surface area (Å²) in [5.74, 6) is 0.841. The lowest BCUT2D eigenvalue weighted by molar-refractivity contribution is 0.00397. The van der Waals surface area contributed by atoms with Gasteiger partial charge in [0.1, 0.15) is 5.75 Å². The molecule has 1 amide bonds. The summed E-state index contributed by atoms with van der Waals surface area (Å²) >= 11 is 0. The Kier molecular flexibility index (Phi) is 4.37. The molecule has 28 heavy (non-hydrogen) atoms. The Hall–Kier alpha value is -2.37. The van der Waals surface area contributed by atoms with Crippen molar-refractivity contribution in [3.05, 3.63) is 64.7 Å². The Morgan fingerprint density at radius 3 is 2.86 bits per heavy atom. The van der Waals surface area contributed by atoms with Gasteiger partial charge in [0.15, 0.2) is 0 Å². The number of fused-ring (bicyclic) bond motifs is 3. The van der Waals surface area contributed by atoms with Gasteiger partial charge in [0.25, 0.3) is 5.91 Å². The van der Waals surface area contributed by atoms with Crippen molar-refractivity contribution in [2.24, 2.45) is 0 Å². The molecule has 5 rings (SSSR count). The number of hydrogen-bond donors (Lipinski definition) is 2. The molecule has 2 heterocycles. The minimum atomic E-state index is -0.142. The van der Waals surface area contributed by atoms with Gasteiger partial charge >= 0.3 is 0 Å². The van der Waals surface area contributed by atoms with Gasteiger partial charge in [-0.05, 0) is 60.8 Å². The van der Waals surface area contributed by atoms with Crippen molar-refractivity contribution in [2.75, 3.05) is 26.8 Å². The van der Waals surface area contributed by atoms with Gasteiger partial charge in [-0.25, -0.2) is 0 Å². The summed E-state index contributed by atoms with van der Waals surface area (Å²) in [5, 5.41) is 6.75. The molecular formula is C23H26N2O3. The van der Waals surface area contributed by atoms with E-state index in [0.29, 0.717) is 12.2 Å². The zero-order chi connectivity index (χ0) is 19.1. The van der Waals surface area contributed by atoms with Crippen molar-refractivity contribution in [3.63, 3.8) is 0 Å². The molecule has 0 bridgehead atoms. The predicted octanol–water partition coefficient (Wildman–Crippen LogP) is 2.74. The number of hydrogen-bond acceptors (Lipinski definition) is 4. The molecule has 0 unspecified atom stereocenters. The van der Waals surface area contributed by atoms with Gasteiger partial charge in [-0.15, -0.1) is 0 Å². The summed E-state index contributed by atoms with van der Waals surface area (Å²) in [5.41, 5.74) is 4.27. The van der Waals surface area contributed by atoms with Crippen molar-refractivity contribution in [1.82, 2.24) is 10.6 Å². The molecule has 3 aliphatic rings. The lowest BCUT2D eigenvalue weighted by Crippen LogP contribution is -2.49. The molecule has 0 radical (unpaired) electrons. The topological polar surface area (TPSA) is 59.6 Å². The maximum atomic E-state index is 13.1. The van der Waals surface area contributed by atoms with Crippen molar-refractivity contribution in [2.45, 2.75) is 36.8 Å². The molecule has 5 nitrogen and oxygen atoms in total. The molecular weight excluding hydrogens is 352 g/mol. The molecule has 1 saturated heterocycles. The van der Waals surface area contributed by atoms with Crippen LogP contribution in [0.1, 0.15) is 45.9 Å². The maximum Gasteiger partial charge on any atom is 0.251 e. The molecule has 146 valence electrons. The summed E-state index contributed by atoms with van der Waals surface area (Å²) < 4.78 is 11.6. The van der Waals surface area contributed by atoms with Crippen LogP contribution in [0.3, 0.4) is 0 Å². The van der Waals surface area contributed by atoms with Crippen LogP contribution in [0.4, 0.5) is 0 Å². The first kappa shape index (κ1) is 17.7. The second-order valence-corrected chi connectivity index (χ2v) is 8.02. The molecule has 2 aliphatic heterocycles. The SMILES string of the molecule is CO[C@@H]1[C@@H](NC(=O)c2ccc3c(c2)CCO3)c2ccccc2C12CCNCC2. The third-order valence-corrected chi connectivity index (χ3v) is 6.67. The summed E-state index contributed by atoms with van der Waals surface area (Å²) in [4.78, 5) is 13.1. The average Bonchev–Trinajstić information content (AvgIpc) is 3.30. The first-order valence-corrected chi connectivity index (χ1v) is 10.1. The van der Waals surface area contributed by atoms with E-state index in [1.54, 1.807) is 7.11 Å². The number of ether oxygens (including phenoxy) is 2. The van der Waals surface area contributed by atoms with E-state index in [2.05, 4.69) is 34.9 Å². The third-order valence-electron chi connectivity index (χ3n) is 6.67. The number of carbonyl (C=O) groups excluding carboxylic acids is 1. The van der Waals surface area contributed by atoms with Gasteiger partial charge in [0, 0.05) is 24.5 Å². The molecule has 1 spiro atoms. The number of carbonyl (C=O) groups is 1. The maximum absolute atomic E-state index is 13.1. The van der Waals surface area contributed by atoms with E-state index < -0.39 is 0 Å². The Balaban J connectivity index is 1.48. The fraction of sp³-hybridized carbons (Fsp3) is 0.435. The lowest BCUT2D eigenvalue weighted by atomic mass is 9.72. The molecule has 2 aromatic rings. The van der Waals surface area contributed by atoms with E-state index in [-0.39, 0.29) is 23.5 Å².